The number of aryl methyl sites for hydroxylation is 1. The number of carbonyl (C=O) groups is 2. The number of hydrogen-bond donors (Lipinski definition) is 1. The second-order valence-corrected chi connectivity index (χ2v) is 10.3. The molecule has 1 aromatic rings. The van der Waals surface area contributed by atoms with Gasteiger partial charge in [0.05, 0.1) is 5.02 Å². The SMILES string of the molecule is CC1=C(/C=C/C(C)=C/C=C/C(C)=C/C(=O)c2ccc(CCCC(=O)O)cc2Cl)C(C)(C)CCC1. The van der Waals surface area contributed by atoms with Crippen LogP contribution in [0.2, 0.25) is 5.02 Å². The molecule has 0 spiro atoms. The minimum atomic E-state index is -0.812. The highest BCUT2D eigenvalue weighted by Gasteiger charge is 2.26. The standard InChI is InChI=1S/C30H37ClO3/c1-21(14-17-26-23(3)11-8-18-30(26,4)5)9-6-10-22(2)19-28(32)25-16-15-24(20-27(25)31)12-7-13-29(33)34/h6,9-10,14-17,19-20H,7-8,11-13,18H2,1-5H3,(H,33,34)/b10-6+,17-14+,21-9+,22-19+. The molecule has 0 unspecified atom stereocenters. The molecule has 4 heteroatoms. The number of carbonyl (C=O) groups excluding carboxylic acids is 1. The van der Waals surface area contributed by atoms with E-state index in [1.54, 1.807) is 18.2 Å². The lowest BCUT2D eigenvalue weighted by Crippen LogP contribution is -2.19. The molecule has 0 fully saturated rings. The normalized spacial score (nSPS) is 17.1. The molecule has 0 radical (unpaired) electrons. The maximum Gasteiger partial charge on any atom is 0.303 e. The van der Waals surface area contributed by atoms with Crippen molar-refractivity contribution in [1.29, 1.82) is 0 Å². The summed E-state index contributed by atoms with van der Waals surface area (Å²) in [6.45, 7) is 10.8. The van der Waals surface area contributed by atoms with E-state index in [-0.39, 0.29) is 17.6 Å². The van der Waals surface area contributed by atoms with Crippen molar-refractivity contribution in [3.8, 4) is 0 Å². The first-order valence-electron chi connectivity index (χ1n) is 12.0. The largest absolute Gasteiger partial charge is 0.481 e. The van der Waals surface area contributed by atoms with Gasteiger partial charge in [0.1, 0.15) is 0 Å². The summed E-state index contributed by atoms with van der Waals surface area (Å²) >= 11 is 6.32. The van der Waals surface area contributed by atoms with Gasteiger partial charge < -0.3 is 5.11 Å². The zero-order valence-corrected chi connectivity index (χ0v) is 21.8. The van der Waals surface area contributed by atoms with E-state index in [9.17, 15) is 9.59 Å². The van der Waals surface area contributed by atoms with Crippen LogP contribution in [0.15, 0.2) is 76.9 Å². The number of hydrogen-bond acceptors (Lipinski definition) is 2. The Kier molecular flexibility index (Phi) is 10.3. The summed E-state index contributed by atoms with van der Waals surface area (Å²) in [4.78, 5) is 23.3. The highest BCUT2D eigenvalue weighted by Crippen LogP contribution is 2.40. The molecule has 1 aliphatic carbocycles. The van der Waals surface area contributed by atoms with Crippen molar-refractivity contribution in [2.75, 3.05) is 0 Å². The van der Waals surface area contributed by atoms with E-state index in [1.165, 1.54) is 30.4 Å². The predicted molar refractivity (Wildman–Crippen MR) is 142 cm³/mol. The summed E-state index contributed by atoms with van der Waals surface area (Å²) in [5.74, 6) is -0.958. The average molecular weight is 481 g/mol. The molecule has 1 aliphatic rings. The smallest absolute Gasteiger partial charge is 0.303 e. The van der Waals surface area contributed by atoms with E-state index in [2.05, 4.69) is 39.8 Å². The van der Waals surface area contributed by atoms with Crippen LogP contribution < -0.4 is 0 Å². The summed E-state index contributed by atoms with van der Waals surface area (Å²) in [6, 6.07) is 5.30. The summed E-state index contributed by atoms with van der Waals surface area (Å²) in [6.07, 6.45) is 16.9. The molecule has 0 aromatic heterocycles. The topological polar surface area (TPSA) is 54.4 Å². The lowest BCUT2D eigenvalue weighted by Gasteiger charge is -2.32. The number of carboxylic acid groups (broad SMARTS) is 1. The zero-order valence-electron chi connectivity index (χ0n) is 21.1. The van der Waals surface area contributed by atoms with E-state index in [1.807, 2.05) is 31.2 Å². The molecular weight excluding hydrogens is 444 g/mol. The van der Waals surface area contributed by atoms with Crippen LogP contribution in [0.5, 0.6) is 0 Å². The van der Waals surface area contributed by atoms with Gasteiger partial charge >= 0.3 is 5.97 Å². The molecule has 0 heterocycles. The Balaban J connectivity index is 2.01. The average Bonchev–Trinajstić information content (AvgIpc) is 2.72. The molecule has 0 aliphatic heterocycles. The number of aliphatic carboxylic acids is 1. The minimum absolute atomic E-state index is 0.117. The van der Waals surface area contributed by atoms with Crippen molar-refractivity contribution in [2.45, 2.75) is 73.1 Å². The van der Waals surface area contributed by atoms with Crippen LogP contribution in [0.3, 0.4) is 0 Å². The number of allylic oxidation sites excluding steroid dienone is 10. The van der Waals surface area contributed by atoms with Crippen LogP contribution in [0.25, 0.3) is 0 Å². The van der Waals surface area contributed by atoms with Gasteiger partial charge in [0.2, 0.25) is 0 Å². The first kappa shape index (κ1) is 27.6. The molecule has 2 rings (SSSR count). The highest BCUT2D eigenvalue weighted by molar-refractivity contribution is 6.34. The van der Waals surface area contributed by atoms with Crippen molar-refractivity contribution in [3.05, 3.63) is 93.1 Å². The molecule has 182 valence electrons. The van der Waals surface area contributed by atoms with Crippen molar-refractivity contribution in [2.24, 2.45) is 5.41 Å². The van der Waals surface area contributed by atoms with E-state index in [0.29, 0.717) is 23.4 Å². The number of carboxylic acids is 1. The van der Waals surface area contributed by atoms with Gasteiger partial charge in [-0.2, -0.15) is 0 Å². The first-order valence-corrected chi connectivity index (χ1v) is 12.3. The van der Waals surface area contributed by atoms with Gasteiger partial charge in [-0.3, -0.25) is 9.59 Å². The summed E-state index contributed by atoms with van der Waals surface area (Å²) in [5, 5.41) is 9.15. The van der Waals surface area contributed by atoms with E-state index >= 15 is 0 Å². The van der Waals surface area contributed by atoms with Crippen molar-refractivity contribution >= 4 is 23.4 Å². The lowest BCUT2D eigenvalue weighted by molar-refractivity contribution is -0.137. The monoisotopic (exact) mass is 480 g/mol. The van der Waals surface area contributed by atoms with Crippen molar-refractivity contribution < 1.29 is 14.7 Å². The fourth-order valence-corrected chi connectivity index (χ4v) is 4.62. The Bertz CT molecular complexity index is 1060. The van der Waals surface area contributed by atoms with Gasteiger partial charge in [-0.1, -0.05) is 73.0 Å². The number of ketones is 1. The van der Waals surface area contributed by atoms with Crippen LogP contribution >= 0.6 is 11.6 Å². The van der Waals surface area contributed by atoms with Crippen LogP contribution in [-0.2, 0) is 11.2 Å². The van der Waals surface area contributed by atoms with Gasteiger partial charge in [-0.15, -0.1) is 0 Å². The Morgan fingerprint density at radius 1 is 1.15 bits per heavy atom. The third-order valence-corrected chi connectivity index (χ3v) is 6.60. The fourth-order valence-electron chi connectivity index (χ4n) is 4.32. The molecule has 3 nitrogen and oxygen atoms in total. The van der Waals surface area contributed by atoms with Gasteiger partial charge in [-0.25, -0.2) is 0 Å². The molecule has 0 atom stereocenters. The van der Waals surface area contributed by atoms with Crippen molar-refractivity contribution in [1.82, 2.24) is 0 Å². The van der Waals surface area contributed by atoms with E-state index in [4.69, 9.17) is 16.7 Å². The molecule has 34 heavy (non-hydrogen) atoms. The van der Waals surface area contributed by atoms with Gasteiger partial charge in [-0.05, 0) is 93.2 Å². The minimum Gasteiger partial charge on any atom is -0.481 e. The van der Waals surface area contributed by atoms with Crippen molar-refractivity contribution in [3.63, 3.8) is 0 Å². The van der Waals surface area contributed by atoms with Crippen LogP contribution in [-0.4, -0.2) is 16.9 Å². The molecule has 1 aromatic carbocycles. The molecule has 0 amide bonds. The zero-order chi connectivity index (χ0) is 25.3. The molecule has 1 N–H and O–H groups in total. The predicted octanol–water partition coefficient (Wildman–Crippen LogP) is 8.46. The summed E-state index contributed by atoms with van der Waals surface area (Å²) in [7, 11) is 0. The first-order chi connectivity index (χ1) is 16.0. The Morgan fingerprint density at radius 3 is 2.53 bits per heavy atom. The van der Waals surface area contributed by atoms with Crippen LogP contribution in [0.1, 0.15) is 82.6 Å². The maximum absolute atomic E-state index is 12.7. The molecular formula is C30H37ClO3. The van der Waals surface area contributed by atoms with E-state index in [0.717, 1.165) is 16.7 Å². The second-order valence-electron chi connectivity index (χ2n) is 9.85. The summed E-state index contributed by atoms with van der Waals surface area (Å²) in [5.41, 5.74) is 6.53. The number of rotatable bonds is 10. The van der Waals surface area contributed by atoms with Gasteiger partial charge in [0, 0.05) is 12.0 Å². The molecule has 0 bridgehead atoms. The Labute approximate surface area is 209 Å². The lowest BCUT2D eigenvalue weighted by atomic mass is 9.72. The van der Waals surface area contributed by atoms with Gasteiger partial charge in [0.15, 0.2) is 5.78 Å². The second kappa shape index (κ2) is 12.7. The van der Waals surface area contributed by atoms with Crippen LogP contribution in [0.4, 0.5) is 0 Å². The Hall–Kier alpha value is -2.65. The molecule has 0 saturated carbocycles. The quantitative estimate of drug-likeness (QED) is 0.207. The van der Waals surface area contributed by atoms with E-state index < -0.39 is 5.97 Å². The maximum atomic E-state index is 12.7. The third-order valence-electron chi connectivity index (χ3n) is 6.29. The van der Waals surface area contributed by atoms with Gasteiger partial charge in [0.25, 0.3) is 0 Å². The number of benzene rings is 1. The Morgan fingerprint density at radius 2 is 1.88 bits per heavy atom. The fraction of sp³-hybridized carbons (Fsp3) is 0.400. The third kappa shape index (κ3) is 8.61. The summed E-state index contributed by atoms with van der Waals surface area (Å²) < 4.78 is 0. The number of halogens is 1. The highest BCUT2D eigenvalue weighted by atomic mass is 35.5. The van der Waals surface area contributed by atoms with Crippen LogP contribution in [0, 0.1) is 5.41 Å². The molecule has 0 saturated heterocycles.